The number of esters is 1. The lowest BCUT2D eigenvalue weighted by Crippen LogP contribution is -2.05. The van der Waals surface area contributed by atoms with Gasteiger partial charge in [0.15, 0.2) is 0 Å². The Morgan fingerprint density at radius 2 is 2.00 bits per heavy atom. The van der Waals surface area contributed by atoms with E-state index < -0.39 is 5.97 Å². The number of carbonyl (C=O) groups excluding carboxylic acids is 1. The predicted octanol–water partition coefficient (Wildman–Crippen LogP) is 4.67. The van der Waals surface area contributed by atoms with Gasteiger partial charge in [0.2, 0.25) is 0 Å². The van der Waals surface area contributed by atoms with Crippen molar-refractivity contribution >= 4 is 28.9 Å². The maximum Gasteiger partial charge on any atom is 0.350 e. The highest BCUT2D eigenvalue weighted by Crippen LogP contribution is 2.29. The number of aryl methyl sites for hydroxylation is 2. The third-order valence-corrected chi connectivity index (χ3v) is 5.83. The molecule has 3 heterocycles. The van der Waals surface area contributed by atoms with E-state index in [1.165, 1.54) is 11.3 Å². The second kappa shape index (κ2) is 8.73. The summed E-state index contributed by atoms with van der Waals surface area (Å²) in [6.45, 7) is 3.87. The number of benzene rings is 1. The molecule has 3 aromatic heterocycles. The quantitative estimate of drug-likeness (QED) is 0.406. The molecule has 0 atom stereocenters. The lowest BCUT2D eigenvalue weighted by Gasteiger charge is -2.01. The molecule has 0 bridgehead atoms. The van der Waals surface area contributed by atoms with E-state index in [0.717, 1.165) is 28.4 Å². The Bertz CT molecular complexity index is 1190. The summed E-state index contributed by atoms with van der Waals surface area (Å²) in [5.74, 6) is -0.429. The van der Waals surface area contributed by atoms with E-state index in [0.29, 0.717) is 21.3 Å². The standard InChI is InChI=1S/C21H18ClN5O2S/c1-3-16-10-14(8-9-23-16)20-24-13(2)19(30-20)21(28)29-12-17-11-27(26-25-17)18-6-4-15(22)5-7-18/h4-11H,3,12H2,1-2H3. The number of ether oxygens (including phenoxy) is 1. The van der Waals surface area contributed by atoms with Gasteiger partial charge in [0.1, 0.15) is 22.2 Å². The maximum atomic E-state index is 12.6. The van der Waals surface area contributed by atoms with Gasteiger partial charge in [-0.2, -0.15) is 0 Å². The molecule has 0 aliphatic carbocycles. The van der Waals surface area contributed by atoms with Crippen molar-refractivity contribution in [3.8, 4) is 16.3 Å². The molecule has 9 heteroatoms. The van der Waals surface area contributed by atoms with Crippen LogP contribution in [0.25, 0.3) is 16.3 Å². The zero-order chi connectivity index (χ0) is 21.1. The van der Waals surface area contributed by atoms with Gasteiger partial charge in [0.25, 0.3) is 0 Å². The molecule has 0 spiro atoms. The lowest BCUT2D eigenvalue weighted by atomic mass is 10.2. The Morgan fingerprint density at radius 3 is 2.77 bits per heavy atom. The van der Waals surface area contributed by atoms with Crippen LogP contribution in [0.1, 0.15) is 33.7 Å². The number of nitrogens with zero attached hydrogens (tertiary/aromatic N) is 5. The minimum atomic E-state index is -0.429. The molecule has 4 aromatic rings. The van der Waals surface area contributed by atoms with Gasteiger partial charge in [-0.3, -0.25) is 4.98 Å². The summed E-state index contributed by atoms with van der Waals surface area (Å²) in [7, 11) is 0. The van der Waals surface area contributed by atoms with Crippen LogP contribution in [0.3, 0.4) is 0 Å². The molecule has 0 aliphatic rings. The summed E-state index contributed by atoms with van der Waals surface area (Å²) in [5.41, 5.74) is 3.92. The monoisotopic (exact) mass is 439 g/mol. The number of thiazole rings is 1. The zero-order valence-electron chi connectivity index (χ0n) is 16.4. The van der Waals surface area contributed by atoms with Crippen LogP contribution in [0.15, 0.2) is 48.8 Å². The molecule has 0 amide bonds. The summed E-state index contributed by atoms with van der Waals surface area (Å²) >= 11 is 7.22. The number of rotatable bonds is 6. The fourth-order valence-corrected chi connectivity index (χ4v) is 3.89. The smallest absolute Gasteiger partial charge is 0.350 e. The fourth-order valence-electron chi connectivity index (χ4n) is 2.80. The Morgan fingerprint density at radius 1 is 1.20 bits per heavy atom. The highest BCUT2D eigenvalue weighted by atomic mass is 35.5. The van der Waals surface area contributed by atoms with Gasteiger partial charge in [-0.15, -0.1) is 16.4 Å². The van der Waals surface area contributed by atoms with Gasteiger partial charge in [-0.1, -0.05) is 23.7 Å². The average Bonchev–Trinajstić information content (AvgIpc) is 3.39. The number of pyridine rings is 1. The Labute approximate surface area is 182 Å². The van der Waals surface area contributed by atoms with Crippen molar-refractivity contribution in [1.82, 2.24) is 25.0 Å². The number of aromatic nitrogens is 5. The molecule has 0 unspecified atom stereocenters. The summed E-state index contributed by atoms with van der Waals surface area (Å²) in [6.07, 6.45) is 4.31. The molecule has 4 rings (SSSR count). The van der Waals surface area contributed by atoms with Crippen LogP contribution >= 0.6 is 22.9 Å². The SMILES string of the molecule is CCc1cc(-c2nc(C)c(C(=O)OCc3cn(-c4ccc(Cl)cc4)nn3)s2)ccn1. The van der Waals surface area contributed by atoms with Gasteiger partial charge in [-0.05, 0) is 49.7 Å². The lowest BCUT2D eigenvalue weighted by molar-refractivity contribution is 0.0472. The van der Waals surface area contributed by atoms with Gasteiger partial charge in [0, 0.05) is 22.5 Å². The molecule has 0 N–H and O–H groups in total. The summed E-state index contributed by atoms with van der Waals surface area (Å²) in [5, 5.41) is 9.53. The molecule has 7 nitrogen and oxygen atoms in total. The van der Waals surface area contributed by atoms with Crippen LogP contribution in [0, 0.1) is 6.92 Å². The van der Waals surface area contributed by atoms with E-state index in [1.54, 1.807) is 36.1 Å². The van der Waals surface area contributed by atoms with Crippen molar-refractivity contribution in [2.24, 2.45) is 0 Å². The first kappa shape index (κ1) is 20.2. The van der Waals surface area contributed by atoms with Gasteiger partial charge >= 0.3 is 5.97 Å². The van der Waals surface area contributed by atoms with Crippen molar-refractivity contribution in [3.63, 3.8) is 0 Å². The van der Waals surface area contributed by atoms with Gasteiger partial charge in [-0.25, -0.2) is 14.5 Å². The molecular weight excluding hydrogens is 422 g/mol. The summed E-state index contributed by atoms with van der Waals surface area (Å²) < 4.78 is 7.04. The highest BCUT2D eigenvalue weighted by Gasteiger charge is 2.18. The third kappa shape index (κ3) is 4.39. The van der Waals surface area contributed by atoms with Crippen molar-refractivity contribution < 1.29 is 9.53 Å². The Kier molecular flexibility index (Phi) is 5.87. The highest BCUT2D eigenvalue weighted by molar-refractivity contribution is 7.17. The van der Waals surface area contributed by atoms with Crippen molar-refractivity contribution in [3.05, 3.63) is 75.8 Å². The Balaban J connectivity index is 1.44. The Hall–Kier alpha value is -3.10. The first-order valence-corrected chi connectivity index (χ1v) is 10.5. The van der Waals surface area contributed by atoms with Crippen LogP contribution in [-0.4, -0.2) is 30.9 Å². The minimum Gasteiger partial charge on any atom is -0.455 e. The number of hydrogen-bond acceptors (Lipinski definition) is 7. The van der Waals surface area contributed by atoms with E-state index in [-0.39, 0.29) is 6.61 Å². The maximum absolute atomic E-state index is 12.6. The van der Waals surface area contributed by atoms with Crippen molar-refractivity contribution in [2.45, 2.75) is 26.9 Å². The van der Waals surface area contributed by atoms with E-state index in [2.05, 4.69) is 20.3 Å². The van der Waals surface area contributed by atoms with Crippen LogP contribution < -0.4 is 0 Å². The third-order valence-electron chi connectivity index (χ3n) is 4.39. The second-order valence-corrected chi connectivity index (χ2v) is 7.97. The molecule has 30 heavy (non-hydrogen) atoms. The van der Waals surface area contributed by atoms with Crippen LogP contribution in [0.5, 0.6) is 0 Å². The summed E-state index contributed by atoms with van der Waals surface area (Å²) in [6, 6.07) is 11.1. The van der Waals surface area contributed by atoms with Crippen LogP contribution in [0.2, 0.25) is 5.02 Å². The number of halogens is 1. The molecule has 0 radical (unpaired) electrons. The van der Waals surface area contributed by atoms with E-state index in [1.807, 2.05) is 31.2 Å². The zero-order valence-corrected chi connectivity index (χ0v) is 17.9. The molecule has 0 fully saturated rings. The molecule has 152 valence electrons. The number of carbonyl (C=O) groups is 1. The van der Waals surface area contributed by atoms with Gasteiger partial charge < -0.3 is 4.74 Å². The molecular formula is C21H18ClN5O2S. The number of hydrogen-bond donors (Lipinski definition) is 0. The van der Waals surface area contributed by atoms with E-state index >= 15 is 0 Å². The molecule has 0 aliphatic heterocycles. The predicted molar refractivity (Wildman–Crippen MR) is 115 cm³/mol. The molecule has 1 aromatic carbocycles. The average molecular weight is 440 g/mol. The molecule has 0 saturated carbocycles. The largest absolute Gasteiger partial charge is 0.455 e. The first-order valence-electron chi connectivity index (χ1n) is 9.30. The topological polar surface area (TPSA) is 82.8 Å². The fraction of sp³-hybridized carbons (Fsp3) is 0.190. The summed E-state index contributed by atoms with van der Waals surface area (Å²) in [4.78, 5) is 21.9. The normalized spacial score (nSPS) is 10.9. The van der Waals surface area contributed by atoms with E-state index in [4.69, 9.17) is 16.3 Å². The van der Waals surface area contributed by atoms with Crippen LogP contribution in [-0.2, 0) is 17.8 Å². The molecule has 0 saturated heterocycles. The van der Waals surface area contributed by atoms with Gasteiger partial charge in [0.05, 0.1) is 17.6 Å². The first-order chi connectivity index (χ1) is 14.5. The van der Waals surface area contributed by atoms with Crippen molar-refractivity contribution in [2.75, 3.05) is 0 Å². The second-order valence-electron chi connectivity index (χ2n) is 6.53. The minimum absolute atomic E-state index is 0.0222. The van der Waals surface area contributed by atoms with Crippen LogP contribution in [0.4, 0.5) is 0 Å². The van der Waals surface area contributed by atoms with Crippen molar-refractivity contribution in [1.29, 1.82) is 0 Å². The van der Waals surface area contributed by atoms with E-state index in [9.17, 15) is 4.79 Å².